The lowest BCUT2D eigenvalue weighted by molar-refractivity contribution is -0.123. The molecule has 2 heterocycles. The van der Waals surface area contributed by atoms with E-state index >= 15 is 0 Å². The van der Waals surface area contributed by atoms with Crippen molar-refractivity contribution in [3.63, 3.8) is 0 Å². The van der Waals surface area contributed by atoms with Gasteiger partial charge in [-0.05, 0) is 31.9 Å². The van der Waals surface area contributed by atoms with Crippen LogP contribution in [0.1, 0.15) is 31.1 Å². The fraction of sp³-hybridized carbons (Fsp3) is 0.538. The number of nitrogens with one attached hydrogen (secondary N) is 2. The maximum absolute atomic E-state index is 11.9. The molecule has 102 valence electrons. The lowest BCUT2D eigenvalue weighted by atomic mass is 9.92. The molecule has 0 bridgehead atoms. The Balaban J connectivity index is 1.84. The average Bonchev–Trinajstić information content (AvgIpc) is 3.04. The van der Waals surface area contributed by atoms with E-state index in [-0.39, 0.29) is 23.8 Å². The summed E-state index contributed by atoms with van der Waals surface area (Å²) >= 11 is 7.41. The van der Waals surface area contributed by atoms with Crippen LogP contribution in [0.4, 0.5) is 0 Å². The number of carbonyl (C=O) groups is 2. The highest BCUT2D eigenvalue weighted by Crippen LogP contribution is 2.38. The van der Waals surface area contributed by atoms with Crippen molar-refractivity contribution in [1.29, 1.82) is 0 Å². The fourth-order valence-corrected chi connectivity index (χ4v) is 3.67. The van der Waals surface area contributed by atoms with Crippen molar-refractivity contribution in [2.24, 2.45) is 5.92 Å². The van der Waals surface area contributed by atoms with Gasteiger partial charge in [-0.25, -0.2) is 0 Å². The molecule has 4 nitrogen and oxygen atoms in total. The third-order valence-electron chi connectivity index (χ3n) is 3.84. The van der Waals surface area contributed by atoms with Crippen molar-refractivity contribution < 1.29 is 9.59 Å². The van der Waals surface area contributed by atoms with Gasteiger partial charge in [-0.15, -0.1) is 11.3 Å². The average molecular weight is 299 g/mol. The molecule has 19 heavy (non-hydrogen) atoms. The maximum Gasteiger partial charge on any atom is 0.223 e. The van der Waals surface area contributed by atoms with E-state index in [0.29, 0.717) is 10.8 Å². The zero-order valence-electron chi connectivity index (χ0n) is 10.5. The molecular formula is C13H15ClN2O2S. The molecule has 0 spiro atoms. The Labute approximate surface area is 120 Å². The predicted molar refractivity (Wildman–Crippen MR) is 74.1 cm³/mol. The second-order valence-electron chi connectivity index (χ2n) is 5.39. The molecule has 2 unspecified atom stereocenters. The first-order valence-electron chi connectivity index (χ1n) is 6.36. The summed E-state index contributed by atoms with van der Waals surface area (Å²) in [6.07, 6.45) is 2.24. The van der Waals surface area contributed by atoms with Gasteiger partial charge in [-0.3, -0.25) is 9.59 Å². The molecule has 2 fully saturated rings. The SMILES string of the molecule is CC1(c2ccc(Cl)s2)NC(=O)CC1NC(=O)C1CC1. The van der Waals surface area contributed by atoms with E-state index in [1.165, 1.54) is 11.3 Å². The molecule has 1 aromatic heterocycles. The first-order valence-corrected chi connectivity index (χ1v) is 7.55. The Morgan fingerprint density at radius 1 is 1.53 bits per heavy atom. The lowest BCUT2D eigenvalue weighted by Crippen LogP contribution is -2.50. The summed E-state index contributed by atoms with van der Waals surface area (Å²) < 4.78 is 0.685. The molecule has 2 aliphatic rings. The first kappa shape index (κ1) is 12.9. The molecule has 1 aliphatic carbocycles. The predicted octanol–water partition coefficient (Wildman–Crippen LogP) is 2.03. The molecule has 6 heteroatoms. The third-order valence-corrected chi connectivity index (χ3v) is 5.30. The van der Waals surface area contributed by atoms with Crippen molar-refractivity contribution in [2.45, 2.75) is 37.8 Å². The highest BCUT2D eigenvalue weighted by molar-refractivity contribution is 7.16. The quantitative estimate of drug-likeness (QED) is 0.897. The number of thiophene rings is 1. The van der Waals surface area contributed by atoms with Gasteiger partial charge >= 0.3 is 0 Å². The van der Waals surface area contributed by atoms with E-state index in [9.17, 15) is 9.59 Å². The van der Waals surface area contributed by atoms with E-state index in [1.807, 2.05) is 19.1 Å². The molecular weight excluding hydrogens is 284 g/mol. The number of amides is 2. The fourth-order valence-electron chi connectivity index (χ4n) is 2.47. The van der Waals surface area contributed by atoms with Crippen LogP contribution in [0.2, 0.25) is 4.34 Å². The lowest BCUT2D eigenvalue weighted by Gasteiger charge is -2.30. The third kappa shape index (κ3) is 2.37. The van der Waals surface area contributed by atoms with Gasteiger partial charge in [0.25, 0.3) is 0 Å². The molecule has 2 amide bonds. The van der Waals surface area contributed by atoms with Gasteiger partial charge in [0.05, 0.1) is 15.9 Å². The van der Waals surface area contributed by atoms with Gasteiger partial charge in [-0.2, -0.15) is 0 Å². The van der Waals surface area contributed by atoms with Crippen molar-refractivity contribution in [3.8, 4) is 0 Å². The Bertz CT molecular complexity index is 541. The Kier molecular flexibility index (Phi) is 3.06. The van der Waals surface area contributed by atoms with Crippen molar-refractivity contribution >= 4 is 34.8 Å². The van der Waals surface area contributed by atoms with Crippen LogP contribution in [0.3, 0.4) is 0 Å². The summed E-state index contributed by atoms with van der Waals surface area (Å²) in [5.74, 6) is 0.176. The summed E-state index contributed by atoms with van der Waals surface area (Å²) in [4.78, 5) is 24.6. The Morgan fingerprint density at radius 3 is 2.84 bits per heavy atom. The van der Waals surface area contributed by atoms with Crippen LogP contribution in [0.25, 0.3) is 0 Å². The smallest absolute Gasteiger partial charge is 0.223 e. The van der Waals surface area contributed by atoms with Crippen LogP contribution in [0.15, 0.2) is 12.1 Å². The molecule has 2 atom stereocenters. The Hall–Kier alpha value is -1.07. The summed E-state index contributed by atoms with van der Waals surface area (Å²) in [7, 11) is 0. The van der Waals surface area contributed by atoms with Crippen LogP contribution >= 0.6 is 22.9 Å². The van der Waals surface area contributed by atoms with E-state index in [4.69, 9.17) is 11.6 Å². The van der Waals surface area contributed by atoms with Crippen LogP contribution < -0.4 is 10.6 Å². The molecule has 1 aromatic rings. The minimum absolute atomic E-state index is 0.0341. The zero-order valence-corrected chi connectivity index (χ0v) is 12.1. The number of rotatable bonds is 3. The normalized spacial score (nSPS) is 30.2. The van der Waals surface area contributed by atoms with Gasteiger partial charge in [0.1, 0.15) is 0 Å². The van der Waals surface area contributed by atoms with Gasteiger partial charge < -0.3 is 10.6 Å². The van der Waals surface area contributed by atoms with E-state index < -0.39 is 5.54 Å². The second kappa shape index (κ2) is 4.49. The number of hydrogen-bond donors (Lipinski definition) is 2. The highest BCUT2D eigenvalue weighted by Gasteiger charge is 2.47. The van der Waals surface area contributed by atoms with Crippen LogP contribution in [0, 0.1) is 5.92 Å². The van der Waals surface area contributed by atoms with E-state index in [0.717, 1.165) is 17.7 Å². The van der Waals surface area contributed by atoms with Gasteiger partial charge in [0.15, 0.2) is 0 Å². The summed E-state index contributed by atoms with van der Waals surface area (Å²) in [5, 5.41) is 5.98. The number of carbonyl (C=O) groups excluding carboxylic acids is 2. The second-order valence-corrected chi connectivity index (χ2v) is 7.11. The molecule has 3 rings (SSSR count). The highest BCUT2D eigenvalue weighted by atomic mass is 35.5. The minimum Gasteiger partial charge on any atom is -0.350 e. The largest absolute Gasteiger partial charge is 0.350 e. The summed E-state index contributed by atoms with van der Waals surface area (Å²) in [6.45, 7) is 1.94. The van der Waals surface area contributed by atoms with Crippen LogP contribution in [-0.2, 0) is 15.1 Å². The van der Waals surface area contributed by atoms with E-state index in [2.05, 4.69) is 10.6 Å². The molecule has 1 saturated heterocycles. The van der Waals surface area contributed by atoms with Gasteiger partial charge in [0, 0.05) is 17.2 Å². The molecule has 0 aromatic carbocycles. The van der Waals surface area contributed by atoms with Gasteiger partial charge in [0.2, 0.25) is 11.8 Å². The van der Waals surface area contributed by atoms with E-state index in [1.54, 1.807) is 0 Å². The van der Waals surface area contributed by atoms with Crippen molar-refractivity contribution in [1.82, 2.24) is 10.6 Å². The zero-order chi connectivity index (χ0) is 13.6. The monoisotopic (exact) mass is 298 g/mol. The van der Waals surface area contributed by atoms with Crippen LogP contribution in [-0.4, -0.2) is 17.9 Å². The molecule has 1 aliphatic heterocycles. The minimum atomic E-state index is -0.556. The summed E-state index contributed by atoms with van der Waals surface area (Å²) in [5.41, 5.74) is -0.556. The summed E-state index contributed by atoms with van der Waals surface area (Å²) in [6, 6.07) is 3.52. The van der Waals surface area contributed by atoms with Crippen molar-refractivity contribution in [2.75, 3.05) is 0 Å². The number of hydrogen-bond acceptors (Lipinski definition) is 3. The molecule has 2 N–H and O–H groups in total. The Morgan fingerprint density at radius 2 is 2.26 bits per heavy atom. The molecule has 1 saturated carbocycles. The maximum atomic E-state index is 11.9. The van der Waals surface area contributed by atoms with Crippen LogP contribution in [0.5, 0.6) is 0 Å². The first-order chi connectivity index (χ1) is 8.99. The molecule has 0 radical (unpaired) electrons. The number of halogens is 1. The standard InChI is InChI=1S/C13H15ClN2O2S/c1-13(9-4-5-10(14)19-9)8(6-11(17)16-13)15-12(18)7-2-3-7/h4-5,7-8H,2-3,6H2,1H3,(H,15,18)(H,16,17). The topological polar surface area (TPSA) is 58.2 Å². The van der Waals surface area contributed by atoms with Gasteiger partial charge in [-0.1, -0.05) is 11.6 Å². The van der Waals surface area contributed by atoms with Crippen molar-refractivity contribution in [3.05, 3.63) is 21.3 Å².